The fourth-order valence-corrected chi connectivity index (χ4v) is 3.16. The smallest absolute Gasteiger partial charge is 0.165 e. The first-order valence-electron chi connectivity index (χ1n) is 6.89. The molecule has 0 amide bonds. The number of aromatic nitrogens is 4. The molecule has 3 atom stereocenters. The van der Waals surface area contributed by atoms with Crippen LogP contribution in [0.15, 0.2) is 12.7 Å². The molecule has 0 aromatic carbocycles. The van der Waals surface area contributed by atoms with Crippen molar-refractivity contribution in [3.05, 3.63) is 12.7 Å². The van der Waals surface area contributed by atoms with Gasteiger partial charge in [-0.25, -0.2) is 15.0 Å². The lowest BCUT2D eigenvalue weighted by atomic mass is 9.77. The number of hydrogen-bond donors (Lipinski definition) is 3. The molecule has 0 unspecified atom stereocenters. The molecule has 108 valence electrons. The Morgan fingerprint density at radius 1 is 1.15 bits per heavy atom. The molecule has 2 aromatic heterocycles. The molecule has 0 saturated heterocycles. The first-order valence-corrected chi connectivity index (χ1v) is 6.89. The third kappa shape index (κ3) is 2.12. The molecule has 4 N–H and O–H groups in total. The maximum Gasteiger partial charge on any atom is 0.165 e. The van der Waals surface area contributed by atoms with Crippen molar-refractivity contribution in [2.75, 3.05) is 18.9 Å². The minimum absolute atomic E-state index is 0.103. The van der Waals surface area contributed by atoms with Crippen LogP contribution in [0.25, 0.3) is 11.2 Å². The highest BCUT2D eigenvalue weighted by Crippen LogP contribution is 2.37. The minimum atomic E-state index is 0.103. The number of anilines is 1. The summed E-state index contributed by atoms with van der Waals surface area (Å²) < 4.78 is 2.02. The predicted octanol–water partition coefficient (Wildman–Crippen LogP) is 0.350. The van der Waals surface area contributed by atoms with Crippen molar-refractivity contribution in [2.24, 2.45) is 11.8 Å². The SMILES string of the molecule is Nc1ncnc2c1ncn2[C@H]1CC[C@H](CO)[C@@H](CO)C1. The summed E-state index contributed by atoms with van der Waals surface area (Å²) in [5.41, 5.74) is 7.16. The summed E-state index contributed by atoms with van der Waals surface area (Å²) in [6, 6.07) is 0.231. The van der Waals surface area contributed by atoms with Crippen molar-refractivity contribution < 1.29 is 10.2 Å². The van der Waals surface area contributed by atoms with Gasteiger partial charge < -0.3 is 20.5 Å². The van der Waals surface area contributed by atoms with E-state index in [0.717, 1.165) is 24.9 Å². The molecule has 20 heavy (non-hydrogen) atoms. The van der Waals surface area contributed by atoms with E-state index in [2.05, 4.69) is 15.0 Å². The van der Waals surface area contributed by atoms with Crippen LogP contribution in [0.3, 0.4) is 0 Å². The molecule has 1 fully saturated rings. The molecule has 0 bridgehead atoms. The maximum absolute atomic E-state index is 9.48. The zero-order chi connectivity index (χ0) is 14.1. The number of nitrogens with zero attached hydrogens (tertiary/aromatic N) is 4. The van der Waals surface area contributed by atoms with Gasteiger partial charge in [-0.15, -0.1) is 0 Å². The first-order chi connectivity index (χ1) is 9.74. The van der Waals surface area contributed by atoms with E-state index in [-0.39, 0.29) is 31.1 Å². The van der Waals surface area contributed by atoms with Gasteiger partial charge in [0.2, 0.25) is 0 Å². The van der Waals surface area contributed by atoms with E-state index in [4.69, 9.17) is 5.73 Å². The number of imidazole rings is 1. The van der Waals surface area contributed by atoms with Gasteiger partial charge in [0.15, 0.2) is 11.5 Å². The van der Waals surface area contributed by atoms with Crippen LogP contribution in [-0.4, -0.2) is 42.9 Å². The average Bonchev–Trinajstić information content (AvgIpc) is 2.92. The third-order valence-electron chi connectivity index (χ3n) is 4.36. The molecule has 1 aliphatic carbocycles. The van der Waals surface area contributed by atoms with Crippen molar-refractivity contribution in [3.63, 3.8) is 0 Å². The molecular formula is C13H19N5O2. The van der Waals surface area contributed by atoms with Crippen molar-refractivity contribution in [3.8, 4) is 0 Å². The number of nitrogens with two attached hydrogens (primary N) is 1. The largest absolute Gasteiger partial charge is 0.396 e. The second-order valence-corrected chi connectivity index (χ2v) is 5.44. The summed E-state index contributed by atoms with van der Waals surface area (Å²) in [6.45, 7) is 0.239. The monoisotopic (exact) mass is 277 g/mol. The van der Waals surface area contributed by atoms with Crippen LogP contribution >= 0.6 is 0 Å². The van der Waals surface area contributed by atoms with Crippen molar-refractivity contribution in [1.29, 1.82) is 0 Å². The lowest BCUT2D eigenvalue weighted by Gasteiger charge is -2.34. The normalized spacial score (nSPS) is 27.0. The minimum Gasteiger partial charge on any atom is -0.396 e. The summed E-state index contributed by atoms with van der Waals surface area (Å²) >= 11 is 0. The number of aliphatic hydroxyl groups is 2. The fourth-order valence-electron chi connectivity index (χ4n) is 3.16. The molecule has 0 aliphatic heterocycles. The van der Waals surface area contributed by atoms with Gasteiger partial charge in [-0.3, -0.25) is 0 Å². The van der Waals surface area contributed by atoms with Crippen LogP contribution in [0.1, 0.15) is 25.3 Å². The molecule has 0 spiro atoms. The van der Waals surface area contributed by atoms with Crippen LogP contribution < -0.4 is 5.73 Å². The van der Waals surface area contributed by atoms with E-state index >= 15 is 0 Å². The summed E-state index contributed by atoms with van der Waals surface area (Å²) in [5, 5.41) is 18.8. The van der Waals surface area contributed by atoms with Crippen LogP contribution in [0.2, 0.25) is 0 Å². The number of nitrogen functional groups attached to an aromatic ring is 1. The van der Waals surface area contributed by atoms with E-state index in [1.807, 2.05) is 4.57 Å². The highest BCUT2D eigenvalue weighted by atomic mass is 16.3. The highest BCUT2D eigenvalue weighted by molar-refractivity contribution is 5.81. The van der Waals surface area contributed by atoms with Crippen LogP contribution in [0.4, 0.5) is 5.82 Å². The number of hydrogen-bond acceptors (Lipinski definition) is 6. The van der Waals surface area contributed by atoms with E-state index in [1.54, 1.807) is 6.33 Å². The first kappa shape index (κ1) is 13.3. The number of aliphatic hydroxyl groups excluding tert-OH is 2. The Bertz CT molecular complexity index is 599. The molecule has 0 radical (unpaired) electrons. The van der Waals surface area contributed by atoms with E-state index in [1.165, 1.54) is 6.33 Å². The second-order valence-electron chi connectivity index (χ2n) is 5.44. The summed E-state index contributed by atoms with van der Waals surface area (Å²) in [4.78, 5) is 12.5. The highest BCUT2D eigenvalue weighted by Gasteiger charge is 2.31. The van der Waals surface area contributed by atoms with Gasteiger partial charge in [0.25, 0.3) is 0 Å². The standard InChI is InChI=1S/C13H19N5O2/c14-12-11-13(16-6-15-12)18(7-17-11)10-2-1-8(4-19)9(3-10)5-20/h6-10,19-20H,1-5H2,(H2,14,15,16)/t8-,9-,10+/m1/s1. The van der Waals surface area contributed by atoms with Gasteiger partial charge in [-0.2, -0.15) is 0 Å². The summed E-state index contributed by atoms with van der Waals surface area (Å²) in [6.07, 6.45) is 5.84. The molecule has 1 aliphatic rings. The Balaban J connectivity index is 1.90. The second kappa shape index (κ2) is 5.34. The average molecular weight is 277 g/mol. The quantitative estimate of drug-likeness (QED) is 0.746. The predicted molar refractivity (Wildman–Crippen MR) is 73.8 cm³/mol. The summed E-state index contributed by atoms with van der Waals surface area (Å²) in [5.74, 6) is 0.692. The molecule has 2 aromatic rings. The van der Waals surface area contributed by atoms with Crippen LogP contribution in [0, 0.1) is 11.8 Å². The van der Waals surface area contributed by atoms with E-state index in [9.17, 15) is 10.2 Å². The van der Waals surface area contributed by atoms with Gasteiger partial charge in [0, 0.05) is 19.3 Å². The van der Waals surface area contributed by atoms with Crippen LogP contribution in [0.5, 0.6) is 0 Å². The van der Waals surface area contributed by atoms with Gasteiger partial charge >= 0.3 is 0 Å². The molecule has 7 heteroatoms. The fraction of sp³-hybridized carbons (Fsp3) is 0.615. The van der Waals surface area contributed by atoms with Crippen molar-refractivity contribution >= 4 is 17.0 Å². The molecule has 2 heterocycles. The Kier molecular flexibility index (Phi) is 3.54. The van der Waals surface area contributed by atoms with Gasteiger partial charge in [0.1, 0.15) is 11.8 Å². The zero-order valence-electron chi connectivity index (χ0n) is 11.2. The van der Waals surface area contributed by atoms with Gasteiger partial charge in [-0.1, -0.05) is 0 Å². The number of fused-ring (bicyclic) bond motifs is 1. The summed E-state index contributed by atoms with van der Waals surface area (Å²) in [7, 11) is 0. The van der Waals surface area contributed by atoms with Gasteiger partial charge in [-0.05, 0) is 31.1 Å². The topological polar surface area (TPSA) is 110 Å². The lowest BCUT2D eigenvalue weighted by Crippen LogP contribution is -2.31. The van der Waals surface area contributed by atoms with Crippen LogP contribution in [-0.2, 0) is 0 Å². The van der Waals surface area contributed by atoms with Crippen molar-refractivity contribution in [2.45, 2.75) is 25.3 Å². The Morgan fingerprint density at radius 3 is 2.70 bits per heavy atom. The maximum atomic E-state index is 9.48. The van der Waals surface area contributed by atoms with Crippen molar-refractivity contribution in [1.82, 2.24) is 19.5 Å². The molecule has 1 saturated carbocycles. The lowest BCUT2D eigenvalue weighted by molar-refractivity contribution is 0.0678. The van der Waals surface area contributed by atoms with E-state index in [0.29, 0.717) is 11.3 Å². The van der Waals surface area contributed by atoms with Gasteiger partial charge in [0.05, 0.1) is 6.33 Å². The Labute approximate surface area is 116 Å². The number of rotatable bonds is 3. The molecular weight excluding hydrogens is 258 g/mol. The third-order valence-corrected chi connectivity index (χ3v) is 4.36. The zero-order valence-corrected chi connectivity index (χ0v) is 11.2. The molecule has 7 nitrogen and oxygen atoms in total. The Hall–Kier alpha value is -1.73. The molecule has 3 rings (SSSR count). The Morgan fingerprint density at radius 2 is 1.95 bits per heavy atom. The van der Waals surface area contributed by atoms with E-state index < -0.39 is 0 Å².